The minimum absolute atomic E-state index is 0.994. The van der Waals surface area contributed by atoms with Gasteiger partial charge in [0, 0.05) is 13.2 Å². The summed E-state index contributed by atoms with van der Waals surface area (Å²) in [4.78, 5) is 21.7. The summed E-state index contributed by atoms with van der Waals surface area (Å²) in [5.41, 5.74) is 0. The first-order chi connectivity index (χ1) is 14.1. The smallest absolute Gasteiger partial charge is 0.324 e. The zero-order chi connectivity index (χ0) is 21.8. The van der Waals surface area contributed by atoms with E-state index in [9.17, 15) is 0 Å². The van der Waals surface area contributed by atoms with Gasteiger partial charge in [0.1, 0.15) is 0 Å². The number of hydrogen-bond donors (Lipinski definition) is 3. The molecule has 4 nitrogen and oxygen atoms in total. The normalized spacial score (nSPS) is 11.0. The van der Waals surface area contributed by atoms with Gasteiger partial charge in [-0.15, -0.1) is 0 Å². The van der Waals surface area contributed by atoms with Crippen LogP contribution in [-0.4, -0.2) is 27.9 Å². The van der Waals surface area contributed by atoms with Gasteiger partial charge in [0.25, 0.3) is 0 Å². The second kappa shape index (κ2) is 30.5. The average Bonchev–Trinajstić information content (AvgIpc) is 2.69. The van der Waals surface area contributed by atoms with Crippen molar-refractivity contribution < 1.29 is 19.4 Å². The predicted octanol–water partition coefficient (Wildman–Crippen LogP) is 8.04. The van der Waals surface area contributed by atoms with Crippen LogP contribution in [0, 0.1) is 0 Å². The second-order valence-corrected chi connectivity index (χ2v) is 8.78. The van der Waals surface area contributed by atoms with Crippen molar-refractivity contribution in [1.82, 2.24) is 0 Å². The van der Waals surface area contributed by atoms with Crippen molar-refractivity contribution in [3.05, 3.63) is 0 Å². The lowest BCUT2D eigenvalue weighted by molar-refractivity contribution is 0.125. The molecule has 0 radical (unpaired) electrons. The summed E-state index contributed by atoms with van der Waals surface area (Å²) in [7, 11) is -2.62. The molecule has 29 heavy (non-hydrogen) atoms. The molecular weight excluding hydrogens is 383 g/mol. The van der Waals surface area contributed by atoms with Crippen LogP contribution in [0.4, 0.5) is 0 Å². The van der Waals surface area contributed by atoms with E-state index in [1.165, 1.54) is 128 Å². The predicted molar refractivity (Wildman–Crippen MR) is 128 cm³/mol. The van der Waals surface area contributed by atoms with Crippen LogP contribution in [-0.2, 0) is 4.74 Å². The molecule has 0 unspecified atom stereocenters. The Bertz CT molecular complexity index is 241. The molecule has 0 fully saturated rings. The molecule has 3 N–H and O–H groups in total. The van der Waals surface area contributed by atoms with Crippen LogP contribution in [0.3, 0.4) is 0 Å². The summed E-state index contributed by atoms with van der Waals surface area (Å²) in [5.74, 6) is 0. The van der Waals surface area contributed by atoms with Crippen molar-refractivity contribution in [3.8, 4) is 0 Å². The molecule has 178 valence electrons. The Balaban J connectivity index is 0. The highest BCUT2D eigenvalue weighted by Crippen LogP contribution is 2.12. The molecule has 0 saturated heterocycles. The molecular formula is C24H53O4P. The Morgan fingerprint density at radius 2 is 0.621 bits per heavy atom. The molecule has 0 amide bonds. The van der Waals surface area contributed by atoms with E-state index >= 15 is 0 Å². The zero-order valence-corrected chi connectivity index (χ0v) is 20.6. The van der Waals surface area contributed by atoms with Gasteiger partial charge < -0.3 is 19.4 Å². The van der Waals surface area contributed by atoms with E-state index in [0.717, 1.165) is 13.2 Å². The van der Waals surface area contributed by atoms with Crippen LogP contribution in [0.1, 0.15) is 142 Å². The van der Waals surface area contributed by atoms with Crippen molar-refractivity contribution >= 4 is 8.60 Å². The van der Waals surface area contributed by atoms with Crippen LogP contribution < -0.4 is 0 Å². The molecule has 0 spiro atoms. The molecule has 0 aliphatic heterocycles. The van der Waals surface area contributed by atoms with Crippen LogP contribution in [0.15, 0.2) is 0 Å². The third-order valence-electron chi connectivity index (χ3n) is 5.28. The van der Waals surface area contributed by atoms with E-state index in [-0.39, 0.29) is 0 Å². The van der Waals surface area contributed by atoms with Crippen LogP contribution in [0.2, 0.25) is 0 Å². The minimum atomic E-state index is -2.62. The Labute approximate surface area is 183 Å². The first kappa shape index (κ1) is 31.5. The maximum atomic E-state index is 7.23. The maximum Gasteiger partial charge on any atom is 0.324 e. The van der Waals surface area contributed by atoms with E-state index in [0.29, 0.717) is 0 Å². The largest absolute Gasteiger partial charge is 0.381 e. The highest BCUT2D eigenvalue weighted by atomic mass is 31.2. The first-order valence-corrected chi connectivity index (χ1v) is 13.8. The summed E-state index contributed by atoms with van der Waals surface area (Å²) in [5, 5.41) is 0. The number of ether oxygens (including phenoxy) is 1. The molecule has 0 bridgehead atoms. The van der Waals surface area contributed by atoms with Crippen LogP contribution in [0.25, 0.3) is 0 Å². The topological polar surface area (TPSA) is 69.9 Å². The van der Waals surface area contributed by atoms with E-state index in [4.69, 9.17) is 19.4 Å². The molecule has 0 rings (SSSR count). The standard InChI is InChI=1S/C24H50O.H3O3P/c1-3-5-7-9-11-13-15-17-19-21-23-25-24-22-20-18-16-14-12-10-8-6-4-2;1-4(2)3/h3-24H2,1-2H3;1-3H. The summed E-state index contributed by atoms with van der Waals surface area (Å²) in [6.07, 6.45) is 28.2. The molecule has 0 saturated carbocycles. The van der Waals surface area contributed by atoms with E-state index in [2.05, 4.69) is 13.8 Å². The van der Waals surface area contributed by atoms with Gasteiger partial charge in [-0.2, -0.15) is 0 Å². The van der Waals surface area contributed by atoms with Crippen molar-refractivity contribution in [1.29, 1.82) is 0 Å². The monoisotopic (exact) mass is 436 g/mol. The second-order valence-electron chi connectivity index (χ2n) is 8.24. The van der Waals surface area contributed by atoms with Crippen molar-refractivity contribution in [3.63, 3.8) is 0 Å². The maximum absolute atomic E-state index is 7.23. The summed E-state index contributed by atoms with van der Waals surface area (Å²) >= 11 is 0. The van der Waals surface area contributed by atoms with E-state index in [1.54, 1.807) is 0 Å². The SMILES string of the molecule is CCCCCCCCCCCCOCCCCCCCCCCCC.OP(O)O. The molecule has 0 atom stereocenters. The lowest BCUT2D eigenvalue weighted by Gasteiger charge is -2.05. The van der Waals surface area contributed by atoms with Gasteiger partial charge in [-0.1, -0.05) is 129 Å². The van der Waals surface area contributed by atoms with Crippen molar-refractivity contribution in [2.45, 2.75) is 142 Å². The van der Waals surface area contributed by atoms with Crippen LogP contribution in [0.5, 0.6) is 0 Å². The van der Waals surface area contributed by atoms with Crippen molar-refractivity contribution in [2.24, 2.45) is 0 Å². The Morgan fingerprint density at radius 3 is 0.862 bits per heavy atom. The third kappa shape index (κ3) is 39.3. The molecule has 5 heteroatoms. The quantitative estimate of drug-likeness (QED) is 0.119. The van der Waals surface area contributed by atoms with E-state index < -0.39 is 8.60 Å². The van der Waals surface area contributed by atoms with Gasteiger partial charge in [0.2, 0.25) is 0 Å². The van der Waals surface area contributed by atoms with Gasteiger partial charge in [0.15, 0.2) is 0 Å². The zero-order valence-electron chi connectivity index (χ0n) is 19.8. The Hall–Kier alpha value is 0.270. The molecule has 0 heterocycles. The minimum Gasteiger partial charge on any atom is -0.381 e. The van der Waals surface area contributed by atoms with E-state index in [1.807, 2.05) is 0 Å². The fraction of sp³-hybridized carbons (Fsp3) is 1.00. The number of rotatable bonds is 22. The summed E-state index contributed by atoms with van der Waals surface area (Å²) in [6.45, 7) is 6.57. The lowest BCUT2D eigenvalue weighted by atomic mass is 10.1. The highest BCUT2D eigenvalue weighted by molar-refractivity contribution is 7.38. The highest BCUT2D eigenvalue weighted by Gasteiger charge is 1.95. The average molecular weight is 437 g/mol. The summed E-state index contributed by atoms with van der Waals surface area (Å²) in [6, 6.07) is 0. The molecule has 0 aromatic heterocycles. The van der Waals surface area contributed by atoms with Gasteiger partial charge in [0.05, 0.1) is 0 Å². The molecule has 0 aromatic carbocycles. The fourth-order valence-corrected chi connectivity index (χ4v) is 3.49. The summed E-state index contributed by atoms with van der Waals surface area (Å²) < 4.78 is 5.78. The van der Waals surface area contributed by atoms with Gasteiger partial charge in [-0.25, -0.2) is 0 Å². The van der Waals surface area contributed by atoms with Crippen LogP contribution >= 0.6 is 8.60 Å². The molecule has 0 aliphatic carbocycles. The number of unbranched alkanes of at least 4 members (excludes halogenated alkanes) is 18. The lowest BCUT2D eigenvalue weighted by Crippen LogP contribution is -1.97. The number of hydrogen-bond acceptors (Lipinski definition) is 4. The molecule has 0 aromatic rings. The fourth-order valence-electron chi connectivity index (χ4n) is 3.49. The van der Waals surface area contributed by atoms with Gasteiger partial charge in [-0.3, -0.25) is 0 Å². The third-order valence-corrected chi connectivity index (χ3v) is 5.28. The Kier molecular flexibility index (Phi) is 33.0. The first-order valence-electron chi connectivity index (χ1n) is 12.6. The molecule has 0 aliphatic rings. The van der Waals surface area contributed by atoms with Gasteiger partial charge in [-0.05, 0) is 12.8 Å². The van der Waals surface area contributed by atoms with Crippen molar-refractivity contribution in [2.75, 3.05) is 13.2 Å². The Morgan fingerprint density at radius 1 is 0.414 bits per heavy atom. The van der Waals surface area contributed by atoms with Gasteiger partial charge >= 0.3 is 8.60 Å².